The minimum absolute atomic E-state index is 0. The Bertz CT molecular complexity index is 1110. The Morgan fingerprint density at radius 3 is 0.675 bits per heavy atom. The largest absolute Gasteiger partial charge is 0 e. The Hall–Kier alpha value is -1.80. The molecule has 0 atom stereocenters. The van der Waals surface area contributed by atoms with Crippen molar-refractivity contribution in [2.75, 3.05) is 76.0 Å². The first-order valence-electron chi connectivity index (χ1n) is 12.8. The molecule has 40 heavy (non-hydrogen) atoms. The molecule has 8 radical (unpaired) electrons. The van der Waals surface area contributed by atoms with Crippen LogP contribution in [0.5, 0.6) is 0 Å². The first kappa shape index (κ1) is 36.2. The Labute approximate surface area is 276 Å². The molecule has 0 aliphatic carbocycles. The fourth-order valence-electron chi connectivity index (χ4n) is 4.17. The minimum Gasteiger partial charge on any atom is 0 e. The van der Waals surface area contributed by atoms with Crippen molar-refractivity contribution in [3.8, 4) is 0 Å². The van der Waals surface area contributed by atoms with Crippen LogP contribution in [0.4, 0.5) is 22.7 Å². The van der Waals surface area contributed by atoms with E-state index in [9.17, 15) is 0 Å². The molecule has 0 saturated carbocycles. The van der Waals surface area contributed by atoms with E-state index in [1.807, 2.05) is 0 Å². The molecule has 208 valence electrons. The van der Waals surface area contributed by atoms with Gasteiger partial charge in [0.2, 0.25) is 0 Å². The van der Waals surface area contributed by atoms with Crippen LogP contribution in [0.2, 0.25) is 0 Å². The van der Waals surface area contributed by atoms with Gasteiger partial charge in [0.25, 0.3) is 0 Å². The minimum atomic E-state index is -0.319. The molecule has 0 heterocycles. The van der Waals surface area contributed by atoms with Gasteiger partial charge in [-0.15, -0.1) is 0 Å². The van der Waals surface area contributed by atoms with Crippen molar-refractivity contribution in [3.05, 3.63) is 97.1 Å². The zero-order valence-electron chi connectivity index (χ0n) is 24.8. The van der Waals surface area contributed by atoms with Crippen LogP contribution in [0.3, 0.4) is 0 Å². The maximum Gasteiger partial charge on any atom is 0 e. The molecule has 0 saturated heterocycles. The SMILES string of the molecule is CN(C)c1cccc[c]1[Ge][c]1ccccc1N(C)C.CN(C)c1cccc[c]1[Ge][c]1ccccc1N(C)C.[Se].[Se]. The molecule has 0 aliphatic rings. The Kier molecular flexibility index (Phi) is 16.2. The molecular formula is C32H40Ge2N4Se2. The molecule has 0 aliphatic heterocycles. The molecule has 0 aromatic heterocycles. The number of nitrogens with zero attached hydrogens (tertiary/aromatic N) is 4. The summed E-state index contributed by atoms with van der Waals surface area (Å²) in [6, 6.07) is 34.9. The first-order chi connectivity index (χ1) is 18.2. The van der Waals surface area contributed by atoms with Gasteiger partial charge in [0.05, 0.1) is 0 Å². The molecule has 0 amide bonds. The third kappa shape index (κ3) is 10.2. The summed E-state index contributed by atoms with van der Waals surface area (Å²) in [5.74, 6) is 0. The van der Waals surface area contributed by atoms with Crippen LogP contribution in [0, 0.1) is 0 Å². The summed E-state index contributed by atoms with van der Waals surface area (Å²) in [7, 11) is 16.9. The van der Waals surface area contributed by atoms with E-state index in [1.54, 1.807) is 0 Å². The third-order valence-electron chi connectivity index (χ3n) is 6.08. The summed E-state index contributed by atoms with van der Waals surface area (Å²) >= 11 is -0.637. The van der Waals surface area contributed by atoms with Gasteiger partial charge in [0.15, 0.2) is 0 Å². The molecule has 4 rings (SSSR count). The zero-order valence-corrected chi connectivity index (χ0v) is 32.5. The topological polar surface area (TPSA) is 13.0 Å². The van der Waals surface area contributed by atoms with Crippen LogP contribution in [0.15, 0.2) is 97.1 Å². The molecule has 0 N–H and O–H groups in total. The van der Waals surface area contributed by atoms with E-state index in [-0.39, 0.29) is 65.0 Å². The van der Waals surface area contributed by atoms with Gasteiger partial charge in [-0.25, -0.2) is 0 Å². The quantitative estimate of drug-likeness (QED) is 0.255. The average molecular weight is 784 g/mol. The van der Waals surface area contributed by atoms with E-state index < -0.39 is 0 Å². The molecule has 4 aromatic carbocycles. The second-order valence-electron chi connectivity index (χ2n) is 9.90. The van der Waals surface area contributed by atoms with Crippen LogP contribution in [0.1, 0.15) is 0 Å². The van der Waals surface area contributed by atoms with Crippen LogP contribution >= 0.6 is 0 Å². The number of anilines is 4. The van der Waals surface area contributed by atoms with E-state index in [2.05, 4.69) is 173 Å². The summed E-state index contributed by atoms with van der Waals surface area (Å²) < 4.78 is 5.95. The monoisotopic (exact) mass is 788 g/mol. The molecular weight excluding hydrogens is 744 g/mol. The van der Waals surface area contributed by atoms with E-state index in [0.29, 0.717) is 0 Å². The second-order valence-corrected chi connectivity index (χ2v) is 15.5. The molecule has 0 bridgehead atoms. The van der Waals surface area contributed by atoms with Gasteiger partial charge in [-0.1, -0.05) is 0 Å². The summed E-state index contributed by atoms with van der Waals surface area (Å²) in [6.07, 6.45) is 0. The normalized spacial score (nSPS) is 9.80. The number of rotatable bonds is 8. The van der Waals surface area contributed by atoms with E-state index in [1.165, 1.54) is 40.3 Å². The molecule has 8 heteroatoms. The molecule has 0 spiro atoms. The third-order valence-corrected chi connectivity index (χ3v) is 11.9. The van der Waals surface area contributed by atoms with Gasteiger partial charge in [0.1, 0.15) is 0 Å². The first-order valence-corrected chi connectivity index (χ1v) is 17.0. The van der Waals surface area contributed by atoms with Crippen LogP contribution in [-0.2, 0) is 0 Å². The van der Waals surface area contributed by atoms with E-state index >= 15 is 0 Å². The Balaban J connectivity index is 0.000000381. The van der Waals surface area contributed by atoms with Gasteiger partial charge >= 0.3 is 244 Å². The van der Waals surface area contributed by atoms with Gasteiger partial charge < -0.3 is 0 Å². The van der Waals surface area contributed by atoms with Crippen molar-refractivity contribution in [3.63, 3.8) is 0 Å². The van der Waals surface area contributed by atoms with Crippen LogP contribution in [-0.4, -0.2) is 121 Å². The number of benzene rings is 4. The predicted molar refractivity (Wildman–Crippen MR) is 185 cm³/mol. The molecule has 0 unspecified atom stereocenters. The van der Waals surface area contributed by atoms with Crippen molar-refractivity contribution in [2.24, 2.45) is 0 Å². The average Bonchev–Trinajstić information content (AvgIpc) is 2.90. The van der Waals surface area contributed by atoms with E-state index in [0.717, 1.165) is 0 Å². The Morgan fingerprint density at radius 1 is 0.325 bits per heavy atom. The van der Waals surface area contributed by atoms with Crippen molar-refractivity contribution in [1.82, 2.24) is 0 Å². The molecule has 4 aromatic rings. The Morgan fingerprint density at radius 2 is 0.500 bits per heavy atom. The summed E-state index contributed by atoms with van der Waals surface area (Å²) in [4.78, 5) is 8.82. The number of para-hydroxylation sites is 4. The van der Waals surface area contributed by atoms with Crippen molar-refractivity contribution >= 4 is 105 Å². The van der Waals surface area contributed by atoms with Crippen molar-refractivity contribution in [2.45, 2.75) is 0 Å². The fourth-order valence-corrected chi connectivity index (χ4v) is 10.5. The maximum absolute atomic E-state index is 2.27. The van der Waals surface area contributed by atoms with Gasteiger partial charge in [-0.3, -0.25) is 0 Å². The second kappa shape index (κ2) is 17.9. The van der Waals surface area contributed by atoms with Gasteiger partial charge in [0, 0.05) is 34.1 Å². The standard InChI is InChI=1S/2C16H20GeN2.2Se/c2*1-18(2)15-11-7-5-9-13(15)17-14-10-6-8-12-16(14)19(3)4;;/h2*5-12H,1-4H3;;. The zero-order chi connectivity index (χ0) is 27.7. The van der Waals surface area contributed by atoms with E-state index in [4.69, 9.17) is 0 Å². The number of hydrogen-bond donors (Lipinski definition) is 0. The smallest absolute Gasteiger partial charge is 0 e. The van der Waals surface area contributed by atoms with Gasteiger partial charge in [-0.2, -0.15) is 0 Å². The van der Waals surface area contributed by atoms with Crippen LogP contribution in [0.25, 0.3) is 0 Å². The van der Waals surface area contributed by atoms with Crippen molar-refractivity contribution in [1.29, 1.82) is 0 Å². The van der Waals surface area contributed by atoms with Crippen LogP contribution < -0.4 is 37.2 Å². The summed E-state index contributed by atoms with van der Waals surface area (Å²) in [6.45, 7) is 0. The molecule has 0 fully saturated rings. The maximum atomic E-state index is 2.27. The van der Waals surface area contributed by atoms with Crippen molar-refractivity contribution < 1.29 is 0 Å². The summed E-state index contributed by atoms with van der Waals surface area (Å²) in [5.41, 5.74) is 5.37. The fraction of sp³-hybridized carbons (Fsp3) is 0.250. The predicted octanol–water partition coefficient (Wildman–Crippen LogP) is 2.19. The molecule has 4 nitrogen and oxygen atoms in total. The summed E-state index contributed by atoms with van der Waals surface area (Å²) in [5, 5.41) is 0. The number of hydrogen-bond acceptors (Lipinski definition) is 4. The van der Waals surface area contributed by atoms with Gasteiger partial charge in [-0.05, 0) is 0 Å².